The summed E-state index contributed by atoms with van der Waals surface area (Å²) < 4.78 is 36.9. The molecule has 0 saturated carbocycles. The molecule has 7 nitrogen and oxygen atoms in total. The fraction of sp³-hybridized carbons (Fsp3) is 0.379. The number of carbonyl (C=O) groups is 2. The molecule has 1 amide bonds. The quantitative estimate of drug-likeness (QED) is 0.355. The Morgan fingerprint density at radius 3 is 2.47 bits per heavy atom. The number of rotatable bonds is 7. The highest BCUT2D eigenvalue weighted by Gasteiger charge is 2.29. The van der Waals surface area contributed by atoms with E-state index in [4.69, 9.17) is 0 Å². The highest BCUT2D eigenvalue weighted by atomic mass is 32.2. The summed E-state index contributed by atoms with van der Waals surface area (Å²) in [7, 11) is -3.32. The number of halogens is 1. The number of piperidine rings is 1. The first-order valence-corrected chi connectivity index (χ1v) is 14.9. The number of hydrogen-bond acceptors (Lipinski definition) is 5. The Bertz CT molecular complexity index is 1470. The predicted octanol–water partition coefficient (Wildman–Crippen LogP) is 4.47. The van der Waals surface area contributed by atoms with Crippen molar-refractivity contribution in [3.8, 4) is 0 Å². The minimum absolute atomic E-state index is 0.0121. The summed E-state index contributed by atoms with van der Waals surface area (Å²) in [6.07, 6.45) is 8.76. The van der Waals surface area contributed by atoms with E-state index in [1.807, 2.05) is 4.90 Å². The third-order valence-electron chi connectivity index (χ3n) is 7.62. The van der Waals surface area contributed by atoms with Crippen LogP contribution in [0.5, 0.6) is 0 Å². The van der Waals surface area contributed by atoms with Gasteiger partial charge in [-0.2, -0.15) is 0 Å². The molecule has 2 fully saturated rings. The lowest BCUT2D eigenvalue weighted by atomic mass is 9.89. The lowest BCUT2D eigenvalue weighted by Gasteiger charge is -2.30. The van der Waals surface area contributed by atoms with Crippen LogP contribution in [0, 0.1) is 11.7 Å². The summed E-state index contributed by atoms with van der Waals surface area (Å²) in [5.41, 5.74) is 1.76. The number of fused-ring (bicyclic) bond motifs is 1. The summed E-state index contributed by atoms with van der Waals surface area (Å²) in [6.45, 7) is 3.07. The third kappa shape index (κ3) is 5.73. The fourth-order valence-electron chi connectivity index (χ4n) is 5.45. The number of sulfone groups is 1. The lowest BCUT2D eigenvalue weighted by molar-refractivity contribution is 0.0756. The normalized spacial score (nSPS) is 19.5. The van der Waals surface area contributed by atoms with Crippen LogP contribution in [-0.2, 0) is 9.84 Å². The average molecular weight is 538 g/mol. The van der Waals surface area contributed by atoms with Gasteiger partial charge in [-0.3, -0.25) is 14.5 Å². The topological polar surface area (TPSA) is 90.5 Å². The van der Waals surface area contributed by atoms with E-state index in [-0.39, 0.29) is 34.4 Å². The first-order chi connectivity index (χ1) is 18.2. The fourth-order valence-corrected chi connectivity index (χ4v) is 6.11. The monoisotopic (exact) mass is 537 g/mol. The van der Waals surface area contributed by atoms with Gasteiger partial charge in [0.2, 0.25) is 0 Å². The van der Waals surface area contributed by atoms with Gasteiger partial charge in [0.15, 0.2) is 15.6 Å². The second kappa shape index (κ2) is 10.8. The molecule has 9 heteroatoms. The van der Waals surface area contributed by atoms with Gasteiger partial charge < -0.3 is 9.88 Å². The Hall–Kier alpha value is -3.30. The number of carbonyl (C=O) groups excluding carboxylic acids is 2. The minimum atomic E-state index is -3.32. The van der Waals surface area contributed by atoms with Crippen molar-refractivity contribution in [1.29, 1.82) is 0 Å². The zero-order chi connectivity index (χ0) is 26.9. The standard InChI is InChI=1S/C29H32FN3O4S/c1-38(36,37)25-10-11-26-22(18-25)19-27(31-26)29(35)33-15-3-5-24(33)4-2-14-32-16-12-21(13-17-32)28(34)20-6-8-23(30)9-7-20/h2,4,6-11,18-19,21,24,31H,3,5,12-17H2,1H3/b4-2+/t24-/m1/s1. The van der Waals surface area contributed by atoms with Crippen molar-refractivity contribution in [3.05, 3.63) is 77.8 Å². The second-order valence-electron chi connectivity index (χ2n) is 10.3. The minimum Gasteiger partial charge on any atom is -0.351 e. The molecular weight excluding hydrogens is 505 g/mol. The Morgan fingerprint density at radius 2 is 1.76 bits per heavy atom. The molecule has 0 spiro atoms. The lowest BCUT2D eigenvalue weighted by Crippen LogP contribution is -2.37. The number of H-pyrrole nitrogens is 1. The van der Waals surface area contributed by atoms with Gasteiger partial charge in [0.25, 0.3) is 5.91 Å². The SMILES string of the molecule is CS(=O)(=O)c1ccc2[nH]c(C(=O)N3CCC[C@H]3/C=C/CN3CCC(C(=O)c4ccc(F)cc4)CC3)cc2c1. The van der Waals surface area contributed by atoms with Gasteiger partial charge in [0.05, 0.1) is 10.9 Å². The van der Waals surface area contributed by atoms with Crippen molar-refractivity contribution < 1.29 is 22.4 Å². The number of aromatic amines is 1. The zero-order valence-electron chi connectivity index (χ0n) is 21.4. The third-order valence-corrected chi connectivity index (χ3v) is 8.73. The number of aromatic nitrogens is 1. The average Bonchev–Trinajstić information content (AvgIpc) is 3.55. The van der Waals surface area contributed by atoms with Gasteiger partial charge in [0, 0.05) is 41.7 Å². The molecule has 2 aliphatic heterocycles. The van der Waals surface area contributed by atoms with E-state index < -0.39 is 9.84 Å². The molecule has 5 rings (SSSR count). The number of ketones is 1. The molecule has 1 aromatic heterocycles. The highest BCUT2D eigenvalue weighted by Crippen LogP contribution is 2.26. The van der Waals surface area contributed by atoms with Gasteiger partial charge in [0.1, 0.15) is 11.5 Å². The van der Waals surface area contributed by atoms with Gasteiger partial charge in [-0.05, 0) is 87.3 Å². The summed E-state index contributed by atoms with van der Waals surface area (Å²) in [4.78, 5) is 33.6. The van der Waals surface area contributed by atoms with E-state index in [1.54, 1.807) is 36.4 Å². The molecule has 2 aliphatic rings. The first kappa shape index (κ1) is 26.3. The number of likely N-dealkylation sites (tertiary alicyclic amines) is 2. The summed E-state index contributed by atoms with van der Waals surface area (Å²) in [5, 5.41) is 0.698. The van der Waals surface area contributed by atoms with Crippen LogP contribution >= 0.6 is 0 Å². The molecule has 2 saturated heterocycles. The molecule has 0 radical (unpaired) electrons. The van der Waals surface area contributed by atoms with Crippen molar-refractivity contribution in [1.82, 2.24) is 14.8 Å². The number of nitrogens with zero attached hydrogens (tertiary/aromatic N) is 2. The first-order valence-electron chi connectivity index (χ1n) is 13.0. The van der Waals surface area contributed by atoms with Crippen LogP contribution in [0.1, 0.15) is 46.5 Å². The van der Waals surface area contributed by atoms with Crippen molar-refractivity contribution in [3.63, 3.8) is 0 Å². The summed E-state index contributed by atoms with van der Waals surface area (Å²) >= 11 is 0. The van der Waals surface area contributed by atoms with Gasteiger partial charge in [-0.15, -0.1) is 0 Å². The van der Waals surface area contributed by atoms with Crippen LogP contribution in [0.15, 0.2) is 65.6 Å². The molecule has 200 valence electrons. The Morgan fingerprint density at radius 1 is 1.03 bits per heavy atom. The van der Waals surface area contributed by atoms with Gasteiger partial charge in [-0.1, -0.05) is 12.2 Å². The number of nitrogens with one attached hydrogen (secondary N) is 1. The van der Waals surface area contributed by atoms with Crippen LogP contribution < -0.4 is 0 Å². The van der Waals surface area contributed by atoms with Crippen LogP contribution in [0.25, 0.3) is 10.9 Å². The largest absolute Gasteiger partial charge is 0.351 e. The number of benzene rings is 2. The summed E-state index contributed by atoms with van der Waals surface area (Å²) in [5.74, 6) is -0.372. The van der Waals surface area contributed by atoms with E-state index in [0.717, 1.165) is 50.8 Å². The van der Waals surface area contributed by atoms with E-state index in [2.05, 4.69) is 22.0 Å². The van der Waals surface area contributed by atoms with Crippen LogP contribution in [0.2, 0.25) is 0 Å². The van der Waals surface area contributed by atoms with Crippen LogP contribution in [0.4, 0.5) is 4.39 Å². The van der Waals surface area contributed by atoms with Crippen molar-refractivity contribution in [2.75, 3.05) is 32.4 Å². The van der Waals surface area contributed by atoms with Crippen molar-refractivity contribution >= 4 is 32.4 Å². The van der Waals surface area contributed by atoms with Gasteiger partial charge in [-0.25, -0.2) is 12.8 Å². The van der Waals surface area contributed by atoms with Crippen molar-refractivity contribution in [2.45, 2.75) is 36.6 Å². The van der Waals surface area contributed by atoms with Gasteiger partial charge >= 0.3 is 0 Å². The maximum absolute atomic E-state index is 13.3. The molecule has 0 bridgehead atoms. The van der Waals surface area contributed by atoms with Crippen molar-refractivity contribution in [2.24, 2.45) is 5.92 Å². The smallest absolute Gasteiger partial charge is 0.270 e. The number of Topliss-reactive ketones (excluding diaryl/α,β-unsaturated/α-hetero) is 1. The van der Waals surface area contributed by atoms with E-state index in [1.165, 1.54) is 18.4 Å². The maximum atomic E-state index is 13.3. The predicted molar refractivity (Wildman–Crippen MR) is 145 cm³/mol. The molecule has 3 aromatic rings. The van der Waals surface area contributed by atoms with E-state index >= 15 is 0 Å². The van der Waals surface area contributed by atoms with E-state index in [9.17, 15) is 22.4 Å². The molecule has 1 N–H and O–H groups in total. The molecule has 2 aromatic carbocycles. The Labute approximate surface area is 222 Å². The number of hydrogen-bond donors (Lipinski definition) is 1. The molecule has 1 atom stereocenters. The van der Waals surface area contributed by atoms with E-state index in [0.29, 0.717) is 23.2 Å². The Balaban J connectivity index is 1.16. The molecule has 0 unspecified atom stereocenters. The molecular formula is C29H32FN3O4S. The maximum Gasteiger partial charge on any atom is 0.270 e. The Kier molecular flexibility index (Phi) is 7.49. The zero-order valence-corrected chi connectivity index (χ0v) is 22.2. The molecule has 3 heterocycles. The molecule has 0 aliphatic carbocycles. The molecule has 38 heavy (non-hydrogen) atoms. The highest BCUT2D eigenvalue weighted by molar-refractivity contribution is 7.90. The second-order valence-corrected chi connectivity index (χ2v) is 12.3. The number of amides is 1. The van der Waals surface area contributed by atoms with Crippen LogP contribution in [-0.4, -0.2) is 73.4 Å². The van der Waals surface area contributed by atoms with Crippen LogP contribution in [0.3, 0.4) is 0 Å². The summed E-state index contributed by atoms with van der Waals surface area (Å²) in [6, 6.07) is 12.4.